The molecule has 0 fully saturated rings. The fourth-order valence-corrected chi connectivity index (χ4v) is 3.22. The van der Waals surface area contributed by atoms with Crippen molar-refractivity contribution >= 4 is 15.9 Å². The lowest BCUT2D eigenvalue weighted by Gasteiger charge is -2.10. The van der Waals surface area contributed by atoms with Gasteiger partial charge in [0.05, 0.1) is 11.5 Å². The van der Waals surface area contributed by atoms with Gasteiger partial charge in [0.25, 0.3) is 15.9 Å². The number of aryl methyl sites for hydroxylation is 1. The lowest BCUT2D eigenvalue weighted by Crippen LogP contribution is -2.41. The van der Waals surface area contributed by atoms with E-state index >= 15 is 0 Å². The van der Waals surface area contributed by atoms with Crippen LogP contribution in [0.15, 0.2) is 53.4 Å². The Hall–Kier alpha value is -2.38. The first-order valence-electron chi connectivity index (χ1n) is 9.04. The van der Waals surface area contributed by atoms with Crippen molar-refractivity contribution in [3.8, 4) is 5.75 Å². The molecule has 0 radical (unpaired) electrons. The summed E-state index contributed by atoms with van der Waals surface area (Å²) < 4.78 is 30.0. The van der Waals surface area contributed by atoms with E-state index in [-0.39, 0.29) is 4.90 Å². The Bertz CT molecular complexity index is 831. The third-order valence-electron chi connectivity index (χ3n) is 4.01. The molecule has 0 bridgehead atoms. The average Bonchev–Trinajstić information content (AvgIpc) is 2.67. The molecule has 7 heteroatoms. The summed E-state index contributed by atoms with van der Waals surface area (Å²) in [5, 5.41) is 0. The molecular formula is C20H26N2O4S. The van der Waals surface area contributed by atoms with Gasteiger partial charge in [0, 0.05) is 5.56 Å². The van der Waals surface area contributed by atoms with E-state index in [1.165, 1.54) is 25.0 Å². The summed E-state index contributed by atoms with van der Waals surface area (Å²) in [6.07, 6.45) is 4.51. The van der Waals surface area contributed by atoms with Crippen LogP contribution in [0.5, 0.6) is 5.75 Å². The van der Waals surface area contributed by atoms with Crippen LogP contribution in [0.25, 0.3) is 0 Å². The number of benzene rings is 2. The zero-order chi connectivity index (χ0) is 19.7. The molecule has 0 unspecified atom stereocenters. The quantitative estimate of drug-likeness (QED) is 0.480. The molecule has 0 aliphatic heterocycles. The zero-order valence-corrected chi connectivity index (χ0v) is 16.5. The molecular weight excluding hydrogens is 364 g/mol. The number of ether oxygens (including phenoxy) is 1. The SMILES string of the molecule is CCCCCCOc1ccc(C(=O)NNS(=O)(=O)c2ccc(C)cc2)cc1. The third-order valence-corrected chi connectivity index (χ3v) is 5.28. The molecule has 0 saturated heterocycles. The molecule has 0 atom stereocenters. The molecule has 2 rings (SSSR count). The minimum absolute atomic E-state index is 0.0835. The Balaban J connectivity index is 1.85. The number of hydrogen-bond donors (Lipinski definition) is 2. The summed E-state index contributed by atoms with van der Waals surface area (Å²) in [6, 6.07) is 12.9. The first-order valence-corrected chi connectivity index (χ1v) is 10.5. The van der Waals surface area contributed by atoms with E-state index in [1.807, 2.05) is 6.92 Å². The highest BCUT2D eigenvalue weighted by atomic mass is 32.2. The van der Waals surface area contributed by atoms with Crippen LogP contribution < -0.4 is 15.0 Å². The van der Waals surface area contributed by atoms with Gasteiger partial charge < -0.3 is 4.74 Å². The van der Waals surface area contributed by atoms with Crippen LogP contribution in [-0.2, 0) is 10.0 Å². The number of sulfonamides is 1. The molecule has 6 nitrogen and oxygen atoms in total. The van der Waals surface area contributed by atoms with Gasteiger partial charge in [0.15, 0.2) is 0 Å². The number of hydrazine groups is 1. The predicted octanol–water partition coefficient (Wildman–Crippen LogP) is 3.58. The second kappa shape index (κ2) is 10.1. The van der Waals surface area contributed by atoms with E-state index in [2.05, 4.69) is 17.2 Å². The lowest BCUT2D eigenvalue weighted by molar-refractivity contribution is 0.0945. The number of amides is 1. The smallest absolute Gasteiger partial charge is 0.266 e. The number of rotatable bonds is 10. The van der Waals surface area contributed by atoms with Gasteiger partial charge in [0.2, 0.25) is 0 Å². The van der Waals surface area contributed by atoms with Gasteiger partial charge >= 0.3 is 0 Å². The van der Waals surface area contributed by atoms with Crippen LogP contribution in [0.4, 0.5) is 0 Å². The van der Waals surface area contributed by atoms with Gasteiger partial charge in [-0.25, -0.2) is 8.42 Å². The highest BCUT2D eigenvalue weighted by molar-refractivity contribution is 7.89. The van der Waals surface area contributed by atoms with Crippen LogP contribution in [-0.4, -0.2) is 20.9 Å². The molecule has 0 saturated carbocycles. The van der Waals surface area contributed by atoms with Gasteiger partial charge in [0.1, 0.15) is 5.75 Å². The van der Waals surface area contributed by atoms with Gasteiger partial charge in [-0.3, -0.25) is 10.2 Å². The second-order valence-corrected chi connectivity index (χ2v) is 7.99. The number of nitrogens with one attached hydrogen (secondary N) is 2. The van der Waals surface area contributed by atoms with Crippen molar-refractivity contribution in [1.82, 2.24) is 10.3 Å². The summed E-state index contributed by atoms with van der Waals surface area (Å²) >= 11 is 0. The van der Waals surface area contributed by atoms with Crippen LogP contribution in [0.2, 0.25) is 0 Å². The van der Waals surface area contributed by atoms with Crippen molar-refractivity contribution in [2.75, 3.05) is 6.61 Å². The number of carbonyl (C=O) groups excluding carboxylic acids is 1. The number of unbranched alkanes of at least 4 members (excludes halogenated alkanes) is 3. The van der Waals surface area contributed by atoms with Crippen LogP contribution >= 0.6 is 0 Å². The molecule has 1 amide bonds. The molecule has 2 N–H and O–H groups in total. The minimum atomic E-state index is -3.81. The van der Waals surface area contributed by atoms with Crippen molar-refractivity contribution in [1.29, 1.82) is 0 Å². The molecule has 2 aromatic carbocycles. The summed E-state index contributed by atoms with van der Waals surface area (Å²) in [4.78, 5) is 14.3. The maximum atomic E-state index is 12.2. The molecule has 146 valence electrons. The van der Waals surface area contributed by atoms with E-state index in [0.717, 1.165) is 18.4 Å². The van der Waals surface area contributed by atoms with E-state index < -0.39 is 15.9 Å². The minimum Gasteiger partial charge on any atom is -0.494 e. The van der Waals surface area contributed by atoms with Crippen molar-refractivity contribution in [3.63, 3.8) is 0 Å². The van der Waals surface area contributed by atoms with Crippen molar-refractivity contribution < 1.29 is 17.9 Å². The highest BCUT2D eigenvalue weighted by Gasteiger charge is 2.15. The monoisotopic (exact) mass is 390 g/mol. The first kappa shape index (κ1) is 20.9. The third kappa shape index (κ3) is 6.69. The second-order valence-electron chi connectivity index (χ2n) is 6.31. The van der Waals surface area contributed by atoms with Crippen molar-refractivity contribution in [2.24, 2.45) is 0 Å². The largest absolute Gasteiger partial charge is 0.494 e. The maximum absolute atomic E-state index is 12.2. The van der Waals surface area contributed by atoms with Gasteiger partial charge in [-0.1, -0.05) is 43.9 Å². The highest BCUT2D eigenvalue weighted by Crippen LogP contribution is 2.13. The van der Waals surface area contributed by atoms with Crippen LogP contribution in [0, 0.1) is 6.92 Å². The van der Waals surface area contributed by atoms with E-state index in [4.69, 9.17) is 4.74 Å². The average molecular weight is 391 g/mol. The molecule has 0 aliphatic rings. The van der Waals surface area contributed by atoms with Crippen LogP contribution in [0.3, 0.4) is 0 Å². The van der Waals surface area contributed by atoms with Gasteiger partial charge in [-0.2, -0.15) is 0 Å². The summed E-state index contributed by atoms with van der Waals surface area (Å²) in [6.45, 7) is 4.66. The molecule has 0 aliphatic carbocycles. The Labute approximate surface area is 161 Å². The van der Waals surface area contributed by atoms with Crippen molar-refractivity contribution in [3.05, 3.63) is 59.7 Å². The molecule has 0 heterocycles. The van der Waals surface area contributed by atoms with Gasteiger partial charge in [-0.15, -0.1) is 4.83 Å². The number of hydrogen-bond acceptors (Lipinski definition) is 4. The summed E-state index contributed by atoms with van der Waals surface area (Å²) in [7, 11) is -3.81. The van der Waals surface area contributed by atoms with E-state index in [9.17, 15) is 13.2 Å². The van der Waals surface area contributed by atoms with Crippen LogP contribution in [0.1, 0.15) is 48.5 Å². The summed E-state index contributed by atoms with van der Waals surface area (Å²) in [5.41, 5.74) is 3.50. The fourth-order valence-electron chi connectivity index (χ4n) is 2.38. The normalized spacial score (nSPS) is 11.2. The standard InChI is InChI=1S/C20H26N2O4S/c1-3-4-5-6-15-26-18-11-9-17(10-12-18)20(23)21-22-27(24,25)19-13-7-16(2)8-14-19/h7-14,22H,3-6,15H2,1-2H3,(H,21,23). The molecule has 0 spiro atoms. The van der Waals surface area contributed by atoms with E-state index in [0.29, 0.717) is 17.9 Å². The molecule has 2 aromatic rings. The lowest BCUT2D eigenvalue weighted by atomic mass is 10.2. The Morgan fingerprint density at radius 2 is 1.63 bits per heavy atom. The predicted molar refractivity (Wildman–Crippen MR) is 105 cm³/mol. The first-order chi connectivity index (χ1) is 12.9. The molecule has 27 heavy (non-hydrogen) atoms. The topological polar surface area (TPSA) is 84.5 Å². The summed E-state index contributed by atoms with van der Waals surface area (Å²) in [5.74, 6) is 0.142. The van der Waals surface area contributed by atoms with Gasteiger partial charge in [-0.05, 0) is 49.7 Å². The fraction of sp³-hybridized carbons (Fsp3) is 0.350. The maximum Gasteiger partial charge on any atom is 0.266 e. The Morgan fingerprint density at radius 3 is 2.26 bits per heavy atom. The van der Waals surface area contributed by atoms with E-state index in [1.54, 1.807) is 36.4 Å². The number of carbonyl (C=O) groups is 1. The molecule has 0 aromatic heterocycles. The Morgan fingerprint density at radius 1 is 0.963 bits per heavy atom. The van der Waals surface area contributed by atoms with Crippen molar-refractivity contribution in [2.45, 2.75) is 44.4 Å². The zero-order valence-electron chi connectivity index (χ0n) is 15.7. The Kier molecular flexibility index (Phi) is 7.82.